The first-order valence-corrected chi connectivity index (χ1v) is 4.88. The zero-order chi connectivity index (χ0) is 12.8. The van der Waals surface area contributed by atoms with Crippen molar-refractivity contribution in [3.63, 3.8) is 0 Å². The average molecular weight is 241 g/mol. The van der Waals surface area contributed by atoms with E-state index in [-0.39, 0.29) is 12.4 Å². The third-order valence-corrected chi connectivity index (χ3v) is 1.92. The highest BCUT2D eigenvalue weighted by atomic mass is 19.1. The Bertz CT molecular complexity index is 422. The van der Waals surface area contributed by atoms with Crippen molar-refractivity contribution in [3.05, 3.63) is 30.1 Å². The van der Waals surface area contributed by atoms with Crippen molar-refractivity contribution >= 4 is 11.9 Å². The number of carboxylic acids is 1. The van der Waals surface area contributed by atoms with Gasteiger partial charge in [0.1, 0.15) is 6.61 Å². The lowest BCUT2D eigenvalue weighted by atomic mass is 10.3. The highest BCUT2D eigenvalue weighted by molar-refractivity contribution is 5.82. The van der Waals surface area contributed by atoms with Crippen LogP contribution in [-0.4, -0.2) is 29.6 Å². The van der Waals surface area contributed by atoms with Gasteiger partial charge < -0.3 is 15.2 Å². The van der Waals surface area contributed by atoms with Gasteiger partial charge in [0.05, 0.1) is 0 Å². The lowest BCUT2D eigenvalue weighted by Gasteiger charge is -2.14. The zero-order valence-corrected chi connectivity index (χ0v) is 9.14. The Kier molecular flexibility index (Phi) is 4.45. The van der Waals surface area contributed by atoms with Gasteiger partial charge in [0, 0.05) is 6.92 Å². The first-order valence-electron chi connectivity index (χ1n) is 4.88. The van der Waals surface area contributed by atoms with Crippen molar-refractivity contribution < 1.29 is 23.8 Å². The summed E-state index contributed by atoms with van der Waals surface area (Å²) in [6.07, 6.45) is 0. The number of halogens is 1. The van der Waals surface area contributed by atoms with Crippen molar-refractivity contribution in [2.75, 3.05) is 6.61 Å². The lowest BCUT2D eigenvalue weighted by molar-refractivity contribution is -0.142. The van der Waals surface area contributed by atoms with E-state index >= 15 is 0 Å². The molecule has 0 radical (unpaired) electrons. The molecule has 0 fully saturated rings. The van der Waals surface area contributed by atoms with Crippen molar-refractivity contribution in [2.24, 2.45) is 0 Å². The minimum atomic E-state index is -1.24. The Morgan fingerprint density at radius 3 is 2.65 bits per heavy atom. The van der Waals surface area contributed by atoms with Gasteiger partial charge in [0.2, 0.25) is 5.91 Å². The predicted octanol–water partition coefficient (Wildman–Crippen LogP) is 0.794. The standard InChI is InChI=1S/C11H12FNO4/c1-7(14)13-9(11(15)16)6-17-10-5-3-2-4-8(10)12/h2-5,9H,6H2,1H3,(H,13,14)(H,15,16). The minimum Gasteiger partial charge on any atom is -0.488 e. The van der Waals surface area contributed by atoms with E-state index in [2.05, 4.69) is 5.32 Å². The van der Waals surface area contributed by atoms with Gasteiger partial charge in [0.15, 0.2) is 17.6 Å². The van der Waals surface area contributed by atoms with Gasteiger partial charge in [-0.2, -0.15) is 0 Å². The van der Waals surface area contributed by atoms with E-state index < -0.39 is 23.7 Å². The maximum Gasteiger partial charge on any atom is 0.329 e. The van der Waals surface area contributed by atoms with E-state index in [1.54, 1.807) is 6.07 Å². The average Bonchev–Trinajstić information content (AvgIpc) is 2.25. The second-order valence-corrected chi connectivity index (χ2v) is 3.33. The SMILES string of the molecule is CC(=O)NC(COc1ccccc1F)C(=O)O. The van der Waals surface area contributed by atoms with Crippen LogP contribution in [0.5, 0.6) is 5.75 Å². The monoisotopic (exact) mass is 241 g/mol. The van der Waals surface area contributed by atoms with Crippen LogP contribution in [0.1, 0.15) is 6.92 Å². The smallest absolute Gasteiger partial charge is 0.329 e. The second kappa shape index (κ2) is 5.83. The third kappa shape index (κ3) is 4.10. The Balaban J connectivity index is 2.61. The molecule has 1 amide bonds. The summed E-state index contributed by atoms with van der Waals surface area (Å²) in [5.41, 5.74) is 0. The molecular weight excluding hydrogens is 229 g/mol. The van der Waals surface area contributed by atoms with E-state index in [4.69, 9.17) is 9.84 Å². The molecule has 0 aromatic heterocycles. The van der Waals surface area contributed by atoms with Crippen LogP contribution in [-0.2, 0) is 9.59 Å². The quantitative estimate of drug-likeness (QED) is 0.799. The van der Waals surface area contributed by atoms with E-state index in [0.29, 0.717) is 0 Å². The topological polar surface area (TPSA) is 75.6 Å². The van der Waals surface area contributed by atoms with E-state index in [1.807, 2.05) is 0 Å². The minimum absolute atomic E-state index is 0.0518. The molecule has 1 rings (SSSR count). The molecule has 1 unspecified atom stereocenters. The van der Waals surface area contributed by atoms with Crippen molar-refractivity contribution in [2.45, 2.75) is 13.0 Å². The Morgan fingerprint density at radius 1 is 1.47 bits per heavy atom. The molecule has 0 saturated carbocycles. The number of hydrogen-bond acceptors (Lipinski definition) is 3. The first-order chi connectivity index (χ1) is 8.00. The van der Waals surface area contributed by atoms with Crippen LogP contribution in [0.4, 0.5) is 4.39 Å². The van der Waals surface area contributed by atoms with Gasteiger partial charge in [0.25, 0.3) is 0 Å². The highest BCUT2D eigenvalue weighted by Gasteiger charge is 2.19. The summed E-state index contributed by atoms with van der Waals surface area (Å²) in [5.74, 6) is -2.37. The summed E-state index contributed by atoms with van der Waals surface area (Å²) < 4.78 is 18.1. The molecule has 92 valence electrons. The van der Waals surface area contributed by atoms with Crippen molar-refractivity contribution in [1.29, 1.82) is 0 Å². The number of rotatable bonds is 5. The summed E-state index contributed by atoms with van der Waals surface area (Å²) in [6, 6.07) is 4.43. The number of ether oxygens (including phenoxy) is 1. The van der Waals surface area contributed by atoms with E-state index in [9.17, 15) is 14.0 Å². The second-order valence-electron chi connectivity index (χ2n) is 3.33. The molecule has 0 saturated heterocycles. The van der Waals surface area contributed by atoms with Crippen molar-refractivity contribution in [1.82, 2.24) is 5.32 Å². The number of hydrogen-bond donors (Lipinski definition) is 2. The summed E-state index contributed by atoms with van der Waals surface area (Å²) in [7, 11) is 0. The molecule has 1 aromatic rings. The highest BCUT2D eigenvalue weighted by Crippen LogP contribution is 2.15. The molecular formula is C11H12FNO4. The summed E-state index contributed by atoms with van der Waals surface area (Å²) in [5, 5.41) is 11.0. The summed E-state index contributed by atoms with van der Waals surface area (Å²) in [4.78, 5) is 21.5. The number of carbonyl (C=O) groups is 2. The molecule has 5 nitrogen and oxygen atoms in total. The van der Waals surface area contributed by atoms with Crippen LogP contribution < -0.4 is 10.1 Å². The summed E-state index contributed by atoms with van der Waals surface area (Å²) >= 11 is 0. The Labute approximate surface area is 97.2 Å². The lowest BCUT2D eigenvalue weighted by Crippen LogP contribution is -2.43. The predicted molar refractivity (Wildman–Crippen MR) is 57.1 cm³/mol. The number of amides is 1. The zero-order valence-electron chi connectivity index (χ0n) is 9.14. The number of para-hydroxylation sites is 1. The molecule has 0 aliphatic heterocycles. The Morgan fingerprint density at radius 2 is 2.12 bits per heavy atom. The molecule has 2 N–H and O–H groups in total. The van der Waals surface area contributed by atoms with Crippen LogP contribution in [0, 0.1) is 5.82 Å². The van der Waals surface area contributed by atoms with Gasteiger partial charge in [-0.25, -0.2) is 9.18 Å². The van der Waals surface area contributed by atoms with E-state index in [1.165, 1.54) is 25.1 Å². The van der Waals surface area contributed by atoms with Crippen LogP contribution in [0.25, 0.3) is 0 Å². The fraction of sp³-hybridized carbons (Fsp3) is 0.273. The molecule has 0 aliphatic rings. The molecule has 0 spiro atoms. The first kappa shape index (κ1) is 13.0. The number of carboxylic acid groups (broad SMARTS) is 1. The molecule has 17 heavy (non-hydrogen) atoms. The van der Waals surface area contributed by atoms with Gasteiger partial charge in [-0.05, 0) is 12.1 Å². The maximum atomic E-state index is 13.1. The molecule has 0 aliphatic carbocycles. The van der Waals surface area contributed by atoms with Crippen LogP contribution >= 0.6 is 0 Å². The third-order valence-electron chi connectivity index (χ3n) is 1.92. The van der Waals surface area contributed by atoms with E-state index in [0.717, 1.165) is 0 Å². The van der Waals surface area contributed by atoms with Crippen molar-refractivity contribution in [3.8, 4) is 5.75 Å². The number of nitrogens with one attached hydrogen (secondary N) is 1. The van der Waals surface area contributed by atoms with Crippen LogP contribution in [0.2, 0.25) is 0 Å². The Hall–Kier alpha value is -2.11. The molecule has 0 heterocycles. The number of benzene rings is 1. The maximum absolute atomic E-state index is 13.1. The largest absolute Gasteiger partial charge is 0.488 e. The fourth-order valence-corrected chi connectivity index (χ4v) is 1.15. The molecule has 1 aromatic carbocycles. The van der Waals surface area contributed by atoms with Gasteiger partial charge >= 0.3 is 5.97 Å². The van der Waals surface area contributed by atoms with Crippen LogP contribution in [0.3, 0.4) is 0 Å². The van der Waals surface area contributed by atoms with Gasteiger partial charge in [-0.1, -0.05) is 12.1 Å². The molecule has 1 atom stereocenters. The molecule has 6 heteroatoms. The van der Waals surface area contributed by atoms with Gasteiger partial charge in [-0.15, -0.1) is 0 Å². The van der Waals surface area contributed by atoms with Gasteiger partial charge in [-0.3, -0.25) is 4.79 Å². The normalized spacial score (nSPS) is 11.6. The number of carbonyl (C=O) groups excluding carboxylic acids is 1. The number of aliphatic carboxylic acids is 1. The fourth-order valence-electron chi connectivity index (χ4n) is 1.15. The van der Waals surface area contributed by atoms with Crippen LogP contribution in [0.15, 0.2) is 24.3 Å². The summed E-state index contributed by atoms with van der Waals surface area (Å²) in [6.45, 7) is 0.856. The molecule has 0 bridgehead atoms.